The first kappa shape index (κ1) is 12.0. The third kappa shape index (κ3) is 2.15. The standard InChI is InChI=1S/C12H13ClN6/c13-10-5-8(1-2-9(10)12(14)15)18-3-4-19-7-16-17-11(19)6-18/h1-2,5,7H,3-4,6H2,(H3,14,15). The van der Waals surface area contributed by atoms with E-state index in [0.717, 1.165) is 24.6 Å². The van der Waals surface area contributed by atoms with Crippen molar-refractivity contribution in [3.63, 3.8) is 0 Å². The molecule has 1 aliphatic rings. The van der Waals surface area contributed by atoms with Crippen molar-refractivity contribution in [3.05, 3.63) is 40.9 Å². The normalized spacial score (nSPS) is 14.3. The maximum absolute atomic E-state index is 7.43. The minimum Gasteiger partial charge on any atom is -0.384 e. The summed E-state index contributed by atoms with van der Waals surface area (Å²) in [6.07, 6.45) is 1.75. The summed E-state index contributed by atoms with van der Waals surface area (Å²) >= 11 is 6.14. The number of halogens is 1. The third-order valence-electron chi connectivity index (χ3n) is 3.25. The maximum Gasteiger partial charge on any atom is 0.152 e. The summed E-state index contributed by atoms with van der Waals surface area (Å²) in [6.45, 7) is 2.44. The van der Waals surface area contributed by atoms with Crippen LogP contribution in [0.2, 0.25) is 5.02 Å². The van der Waals surface area contributed by atoms with Crippen molar-refractivity contribution in [3.8, 4) is 0 Å². The molecule has 7 heteroatoms. The highest BCUT2D eigenvalue weighted by atomic mass is 35.5. The van der Waals surface area contributed by atoms with Crippen LogP contribution in [-0.4, -0.2) is 27.1 Å². The lowest BCUT2D eigenvalue weighted by Crippen LogP contribution is -2.33. The van der Waals surface area contributed by atoms with Gasteiger partial charge in [0.15, 0.2) is 5.82 Å². The molecule has 0 saturated carbocycles. The Balaban J connectivity index is 1.88. The van der Waals surface area contributed by atoms with Crippen LogP contribution in [0.5, 0.6) is 0 Å². The molecule has 1 aromatic carbocycles. The zero-order valence-electron chi connectivity index (χ0n) is 10.2. The fourth-order valence-electron chi connectivity index (χ4n) is 2.21. The van der Waals surface area contributed by atoms with E-state index in [1.54, 1.807) is 12.4 Å². The molecule has 0 amide bonds. The highest BCUT2D eigenvalue weighted by molar-refractivity contribution is 6.34. The first-order valence-electron chi connectivity index (χ1n) is 5.91. The van der Waals surface area contributed by atoms with Crippen LogP contribution < -0.4 is 10.6 Å². The SMILES string of the molecule is N=C(N)c1ccc(N2CCn3cnnc3C2)cc1Cl. The molecule has 0 aliphatic carbocycles. The van der Waals surface area contributed by atoms with Crippen LogP contribution >= 0.6 is 11.6 Å². The van der Waals surface area contributed by atoms with Gasteiger partial charge in [-0.05, 0) is 18.2 Å². The van der Waals surface area contributed by atoms with Gasteiger partial charge in [-0.3, -0.25) is 5.41 Å². The molecule has 3 N–H and O–H groups in total. The van der Waals surface area contributed by atoms with E-state index in [-0.39, 0.29) is 5.84 Å². The number of hydrogen-bond acceptors (Lipinski definition) is 4. The van der Waals surface area contributed by atoms with Gasteiger partial charge in [-0.2, -0.15) is 0 Å². The monoisotopic (exact) mass is 276 g/mol. The summed E-state index contributed by atoms with van der Waals surface area (Å²) < 4.78 is 2.04. The van der Waals surface area contributed by atoms with E-state index in [4.69, 9.17) is 22.7 Å². The van der Waals surface area contributed by atoms with E-state index < -0.39 is 0 Å². The largest absolute Gasteiger partial charge is 0.384 e. The summed E-state index contributed by atoms with van der Waals surface area (Å²) in [5.74, 6) is 0.924. The number of hydrogen-bond donors (Lipinski definition) is 2. The molecule has 0 fully saturated rings. The molecule has 1 aromatic heterocycles. The number of nitrogens with two attached hydrogens (primary N) is 1. The number of fused-ring (bicyclic) bond motifs is 1. The molecule has 0 radical (unpaired) electrons. The minimum atomic E-state index is -0.0186. The van der Waals surface area contributed by atoms with Crippen LogP contribution in [0.3, 0.4) is 0 Å². The van der Waals surface area contributed by atoms with Gasteiger partial charge in [0.25, 0.3) is 0 Å². The van der Waals surface area contributed by atoms with Gasteiger partial charge >= 0.3 is 0 Å². The Bertz CT molecular complexity index is 635. The van der Waals surface area contributed by atoms with E-state index in [0.29, 0.717) is 17.1 Å². The Morgan fingerprint density at radius 3 is 2.95 bits per heavy atom. The van der Waals surface area contributed by atoms with Crippen molar-refractivity contribution < 1.29 is 0 Å². The van der Waals surface area contributed by atoms with E-state index in [1.165, 1.54) is 0 Å². The molecule has 2 heterocycles. The molecule has 0 spiro atoms. The minimum absolute atomic E-state index is 0.0186. The third-order valence-corrected chi connectivity index (χ3v) is 3.56. The van der Waals surface area contributed by atoms with E-state index in [9.17, 15) is 0 Å². The topological polar surface area (TPSA) is 83.8 Å². The quantitative estimate of drug-likeness (QED) is 0.638. The van der Waals surface area contributed by atoms with E-state index in [1.807, 2.05) is 16.7 Å². The van der Waals surface area contributed by atoms with Crippen LogP contribution in [0.4, 0.5) is 5.69 Å². The molecule has 0 bridgehead atoms. The van der Waals surface area contributed by atoms with Crippen molar-refractivity contribution in [2.75, 3.05) is 11.4 Å². The highest BCUT2D eigenvalue weighted by Crippen LogP contribution is 2.25. The van der Waals surface area contributed by atoms with Crippen molar-refractivity contribution >= 4 is 23.1 Å². The Labute approximate surface area is 115 Å². The first-order chi connectivity index (χ1) is 9.15. The van der Waals surface area contributed by atoms with Crippen LogP contribution in [-0.2, 0) is 13.1 Å². The number of nitrogen functional groups attached to an aromatic ring is 1. The average molecular weight is 277 g/mol. The Kier molecular flexibility index (Phi) is 2.87. The van der Waals surface area contributed by atoms with Crippen molar-refractivity contribution in [2.45, 2.75) is 13.1 Å². The predicted molar refractivity (Wildman–Crippen MR) is 73.5 cm³/mol. The Morgan fingerprint density at radius 1 is 1.37 bits per heavy atom. The number of rotatable bonds is 2. The van der Waals surface area contributed by atoms with Crippen LogP contribution in [0.15, 0.2) is 24.5 Å². The number of nitrogens with one attached hydrogen (secondary N) is 1. The Morgan fingerprint density at radius 2 is 2.21 bits per heavy atom. The molecule has 1 aliphatic heterocycles. The summed E-state index contributed by atoms with van der Waals surface area (Å²) in [7, 11) is 0. The van der Waals surface area contributed by atoms with Gasteiger partial charge in [0.2, 0.25) is 0 Å². The van der Waals surface area contributed by atoms with Crippen molar-refractivity contribution in [2.24, 2.45) is 5.73 Å². The van der Waals surface area contributed by atoms with E-state index in [2.05, 4.69) is 15.1 Å². The second-order valence-electron chi connectivity index (χ2n) is 4.44. The molecule has 0 atom stereocenters. The lowest BCUT2D eigenvalue weighted by atomic mass is 10.1. The Hall–Kier alpha value is -2.08. The molecule has 3 rings (SSSR count). The zero-order chi connectivity index (χ0) is 13.4. The summed E-state index contributed by atoms with van der Waals surface area (Å²) in [5, 5.41) is 15.9. The van der Waals surface area contributed by atoms with Crippen molar-refractivity contribution in [1.29, 1.82) is 5.41 Å². The zero-order valence-corrected chi connectivity index (χ0v) is 10.9. The van der Waals surface area contributed by atoms with Gasteiger partial charge in [0.05, 0.1) is 11.6 Å². The fraction of sp³-hybridized carbons (Fsp3) is 0.250. The lowest BCUT2D eigenvalue weighted by Gasteiger charge is -2.29. The average Bonchev–Trinajstić information content (AvgIpc) is 2.85. The van der Waals surface area contributed by atoms with Gasteiger partial charge in [-0.15, -0.1) is 10.2 Å². The number of anilines is 1. The molecular formula is C12H13ClN6. The fourth-order valence-corrected chi connectivity index (χ4v) is 2.48. The van der Waals surface area contributed by atoms with E-state index >= 15 is 0 Å². The first-order valence-corrected chi connectivity index (χ1v) is 6.28. The second-order valence-corrected chi connectivity index (χ2v) is 4.85. The predicted octanol–water partition coefficient (Wildman–Crippen LogP) is 1.24. The molecule has 0 saturated heterocycles. The maximum atomic E-state index is 7.43. The smallest absolute Gasteiger partial charge is 0.152 e. The number of amidine groups is 1. The molecule has 19 heavy (non-hydrogen) atoms. The summed E-state index contributed by atoms with van der Waals surface area (Å²) in [4.78, 5) is 2.18. The van der Waals surface area contributed by atoms with Crippen LogP contribution in [0, 0.1) is 5.41 Å². The summed E-state index contributed by atoms with van der Waals surface area (Å²) in [5.41, 5.74) is 7.02. The van der Waals surface area contributed by atoms with Crippen LogP contribution in [0.1, 0.15) is 11.4 Å². The molecular weight excluding hydrogens is 264 g/mol. The lowest BCUT2D eigenvalue weighted by molar-refractivity contribution is 0.560. The van der Waals surface area contributed by atoms with Crippen LogP contribution in [0.25, 0.3) is 0 Å². The van der Waals surface area contributed by atoms with Gasteiger partial charge in [-0.1, -0.05) is 11.6 Å². The second kappa shape index (κ2) is 4.55. The molecule has 6 nitrogen and oxygen atoms in total. The van der Waals surface area contributed by atoms with Gasteiger partial charge < -0.3 is 15.2 Å². The molecule has 0 unspecified atom stereocenters. The number of aromatic nitrogens is 3. The van der Waals surface area contributed by atoms with Gasteiger partial charge in [0, 0.05) is 24.3 Å². The van der Waals surface area contributed by atoms with Gasteiger partial charge in [-0.25, -0.2) is 0 Å². The van der Waals surface area contributed by atoms with Crippen molar-refractivity contribution in [1.82, 2.24) is 14.8 Å². The molecule has 98 valence electrons. The summed E-state index contributed by atoms with van der Waals surface area (Å²) in [6, 6.07) is 5.54. The highest BCUT2D eigenvalue weighted by Gasteiger charge is 2.18. The van der Waals surface area contributed by atoms with Gasteiger partial charge in [0.1, 0.15) is 12.2 Å². The number of benzene rings is 1. The molecule has 2 aromatic rings. The number of nitrogens with zero attached hydrogens (tertiary/aromatic N) is 4.